The van der Waals surface area contributed by atoms with Gasteiger partial charge in [0.15, 0.2) is 0 Å². The molecule has 0 aliphatic heterocycles. The van der Waals surface area contributed by atoms with Crippen LogP contribution in [-0.2, 0) is 0 Å². The van der Waals surface area contributed by atoms with Gasteiger partial charge in [-0.05, 0) is 55.5 Å². The molecule has 2 rings (SSSR count). The average Bonchev–Trinajstić information content (AvgIpc) is 2.76. The minimum absolute atomic E-state index is 0.0193. The molecule has 0 radical (unpaired) electrons. The van der Waals surface area contributed by atoms with E-state index in [1.807, 2.05) is 18.4 Å². The molecule has 2 nitrogen and oxygen atoms in total. The van der Waals surface area contributed by atoms with Gasteiger partial charge in [-0.2, -0.15) is 13.2 Å². The fourth-order valence-corrected chi connectivity index (χ4v) is 3.99. The Bertz CT molecular complexity index is 408. The second-order valence-corrected chi connectivity index (χ2v) is 6.21. The minimum atomic E-state index is -4.05. The summed E-state index contributed by atoms with van der Waals surface area (Å²) in [6, 6.07) is 2.00. The van der Waals surface area contributed by atoms with Crippen LogP contribution in [0.2, 0.25) is 0 Å². The Morgan fingerprint density at radius 2 is 1.95 bits per heavy atom. The molecule has 0 saturated heterocycles. The van der Waals surface area contributed by atoms with Crippen molar-refractivity contribution >= 4 is 11.3 Å². The van der Waals surface area contributed by atoms with Crippen molar-refractivity contribution in [3.05, 3.63) is 21.9 Å². The van der Waals surface area contributed by atoms with Gasteiger partial charge in [-0.25, -0.2) is 0 Å². The lowest BCUT2D eigenvalue weighted by molar-refractivity contribution is -0.184. The predicted octanol–water partition coefficient (Wildman–Crippen LogP) is 3.93. The van der Waals surface area contributed by atoms with E-state index in [9.17, 15) is 13.2 Å². The number of thiophene rings is 1. The second kappa shape index (κ2) is 5.81. The van der Waals surface area contributed by atoms with Crippen LogP contribution in [0.4, 0.5) is 13.2 Å². The number of alkyl halides is 3. The Labute approximate surface area is 115 Å². The van der Waals surface area contributed by atoms with Crippen LogP contribution >= 0.6 is 11.3 Å². The zero-order valence-electron chi connectivity index (χ0n) is 10.8. The van der Waals surface area contributed by atoms with E-state index in [-0.39, 0.29) is 24.8 Å². The van der Waals surface area contributed by atoms with Gasteiger partial charge in [-0.3, -0.25) is 11.3 Å². The fourth-order valence-electron chi connectivity index (χ4n) is 2.91. The van der Waals surface area contributed by atoms with Gasteiger partial charge in [-0.15, -0.1) is 11.3 Å². The summed E-state index contributed by atoms with van der Waals surface area (Å²) in [5.41, 5.74) is 3.96. The van der Waals surface area contributed by atoms with Crippen molar-refractivity contribution in [2.24, 2.45) is 17.7 Å². The molecule has 6 heteroatoms. The molecule has 1 aromatic heterocycles. The molecule has 0 amide bonds. The van der Waals surface area contributed by atoms with Gasteiger partial charge >= 0.3 is 6.18 Å². The van der Waals surface area contributed by atoms with E-state index in [0.717, 1.165) is 10.4 Å². The van der Waals surface area contributed by atoms with Gasteiger partial charge in [0.25, 0.3) is 0 Å². The van der Waals surface area contributed by atoms with Crippen molar-refractivity contribution in [2.45, 2.75) is 44.8 Å². The van der Waals surface area contributed by atoms with Crippen molar-refractivity contribution in [1.82, 2.24) is 5.43 Å². The molecule has 3 N–H and O–H groups in total. The Kier molecular flexibility index (Phi) is 4.53. The molecular formula is C13H19F3N2S. The molecule has 0 bridgehead atoms. The van der Waals surface area contributed by atoms with Crippen LogP contribution in [0.1, 0.15) is 42.2 Å². The lowest BCUT2D eigenvalue weighted by atomic mass is 9.77. The van der Waals surface area contributed by atoms with Crippen molar-refractivity contribution in [3.8, 4) is 0 Å². The maximum Gasteiger partial charge on any atom is 0.391 e. The Hall–Kier alpha value is -0.590. The van der Waals surface area contributed by atoms with E-state index in [0.29, 0.717) is 12.8 Å². The van der Waals surface area contributed by atoms with Crippen molar-refractivity contribution in [1.29, 1.82) is 0 Å². The molecule has 1 aliphatic rings. The van der Waals surface area contributed by atoms with E-state index < -0.39 is 12.1 Å². The molecule has 108 valence electrons. The number of hydrogen-bond acceptors (Lipinski definition) is 3. The monoisotopic (exact) mass is 292 g/mol. The largest absolute Gasteiger partial charge is 0.391 e. The third-order valence-electron chi connectivity index (χ3n) is 4.07. The highest BCUT2D eigenvalue weighted by molar-refractivity contribution is 7.10. The van der Waals surface area contributed by atoms with Crippen LogP contribution in [0.25, 0.3) is 0 Å². The maximum atomic E-state index is 12.7. The number of rotatable bonds is 3. The number of hydrazine groups is 1. The van der Waals surface area contributed by atoms with Gasteiger partial charge in [-0.1, -0.05) is 0 Å². The van der Waals surface area contributed by atoms with Crippen molar-refractivity contribution < 1.29 is 13.2 Å². The first kappa shape index (κ1) is 14.8. The van der Waals surface area contributed by atoms with E-state index in [2.05, 4.69) is 5.43 Å². The van der Waals surface area contributed by atoms with Gasteiger partial charge < -0.3 is 0 Å². The summed E-state index contributed by atoms with van der Waals surface area (Å²) in [6.07, 6.45) is -2.45. The van der Waals surface area contributed by atoms with Gasteiger partial charge in [0.2, 0.25) is 0 Å². The highest BCUT2D eigenvalue weighted by atomic mass is 32.1. The first-order valence-corrected chi connectivity index (χ1v) is 7.38. The van der Waals surface area contributed by atoms with Gasteiger partial charge in [0.05, 0.1) is 12.0 Å². The average molecular weight is 292 g/mol. The predicted molar refractivity (Wildman–Crippen MR) is 70.6 cm³/mol. The smallest absolute Gasteiger partial charge is 0.271 e. The fraction of sp³-hybridized carbons (Fsp3) is 0.692. The molecule has 0 aromatic carbocycles. The Morgan fingerprint density at radius 3 is 2.37 bits per heavy atom. The summed E-state index contributed by atoms with van der Waals surface area (Å²) in [5.74, 6) is 4.68. The normalized spacial score (nSPS) is 26.4. The molecule has 1 saturated carbocycles. The summed E-state index contributed by atoms with van der Waals surface area (Å²) >= 11 is 1.62. The van der Waals surface area contributed by atoms with E-state index in [1.165, 1.54) is 0 Å². The number of hydrogen-bond donors (Lipinski definition) is 2. The minimum Gasteiger partial charge on any atom is -0.271 e. The van der Waals surface area contributed by atoms with Gasteiger partial charge in [0.1, 0.15) is 0 Å². The van der Waals surface area contributed by atoms with Crippen LogP contribution < -0.4 is 11.3 Å². The molecular weight excluding hydrogens is 273 g/mol. The highest BCUT2D eigenvalue weighted by Gasteiger charge is 2.42. The van der Waals surface area contributed by atoms with E-state index in [4.69, 9.17) is 5.84 Å². The molecule has 1 aromatic rings. The highest BCUT2D eigenvalue weighted by Crippen LogP contribution is 2.44. The first-order valence-electron chi connectivity index (χ1n) is 6.50. The number of nitrogens with two attached hydrogens (primary N) is 1. The van der Waals surface area contributed by atoms with Gasteiger partial charge in [0, 0.05) is 4.88 Å². The molecule has 1 aliphatic carbocycles. The lowest BCUT2D eigenvalue weighted by Crippen LogP contribution is -2.37. The van der Waals surface area contributed by atoms with E-state index >= 15 is 0 Å². The van der Waals surface area contributed by atoms with Crippen LogP contribution in [0.15, 0.2) is 11.4 Å². The van der Waals surface area contributed by atoms with E-state index in [1.54, 1.807) is 11.3 Å². The number of aryl methyl sites for hydroxylation is 1. The molecule has 1 atom stereocenters. The maximum absolute atomic E-state index is 12.7. The lowest BCUT2D eigenvalue weighted by Gasteiger charge is -2.34. The topological polar surface area (TPSA) is 38.0 Å². The number of nitrogens with one attached hydrogen (secondary N) is 1. The molecule has 1 fully saturated rings. The van der Waals surface area contributed by atoms with Crippen molar-refractivity contribution in [2.75, 3.05) is 0 Å². The first-order chi connectivity index (χ1) is 8.93. The summed E-state index contributed by atoms with van der Waals surface area (Å²) < 4.78 is 38.0. The third-order valence-corrected chi connectivity index (χ3v) is 5.17. The second-order valence-electron chi connectivity index (χ2n) is 5.27. The van der Waals surface area contributed by atoms with Crippen LogP contribution in [0, 0.1) is 18.8 Å². The molecule has 1 heterocycles. The SMILES string of the molecule is Cc1ccsc1C(NN)C1CCC(C(F)(F)F)CC1. The Balaban J connectivity index is 2.02. The zero-order valence-corrected chi connectivity index (χ0v) is 11.7. The van der Waals surface area contributed by atoms with Crippen LogP contribution in [-0.4, -0.2) is 6.18 Å². The van der Waals surface area contributed by atoms with Crippen LogP contribution in [0.3, 0.4) is 0 Å². The third kappa shape index (κ3) is 3.30. The standard InChI is InChI=1S/C13H19F3N2S/c1-8-6-7-19-12(8)11(18-17)9-2-4-10(5-3-9)13(14,15)16/h6-7,9-11,18H,2-5,17H2,1H3. The quantitative estimate of drug-likeness (QED) is 0.654. The molecule has 19 heavy (non-hydrogen) atoms. The van der Waals surface area contributed by atoms with Crippen molar-refractivity contribution in [3.63, 3.8) is 0 Å². The number of halogens is 3. The summed E-state index contributed by atoms with van der Waals surface area (Å²) in [6.45, 7) is 2.01. The summed E-state index contributed by atoms with van der Waals surface area (Å²) in [7, 11) is 0. The zero-order chi connectivity index (χ0) is 14.0. The summed E-state index contributed by atoms with van der Waals surface area (Å²) in [4.78, 5) is 1.15. The Morgan fingerprint density at radius 1 is 1.32 bits per heavy atom. The summed E-state index contributed by atoms with van der Waals surface area (Å²) in [5, 5.41) is 2.00. The molecule has 0 spiro atoms. The van der Waals surface area contributed by atoms with Crippen LogP contribution in [0.5, 0.6) is 0 Å². The molecule has 1 unspecified atom stereocenters.